The summed E-state index contributed by atoms with van der Waals surface area (Å²) >= 11 is 0. The smallest absolute Gasteiger partial charge is 0.274 e. The van der Waals surface area contributed by atoms with E-state index >= 15 is 0 Å². The summed E-state index contributed by atoms with van der Waals surface area (Å²) in [7, 11) is 1.73. The van der Waals surface area contributed by atoms with Crippen LogP contribution in [0.2, 0.25) is 0 Å². The number of amides is 1. The first-order chi connectivity index (χ1) is 8.20. The molecule has 0 radical (unpaired) electrons. The Morgan fingerprint density at radius 3 is 2.82 bits per heavy atom. The summed E-state index contributed by atoms with van der Waals surface area (Å²) in [5.74, 6) is 0.453. The minimum Gasteiger partial charge on any atom is -0.393 e. The van der Waals surface area contributed by atoms with Crippen molar-refractivity contribution in [2.24, 2.45) is 0 Å². The van der Waals surface area contributed by atoms with Gasteiger partial charge in [0.1, 0.15) is 11.5 Å². The molecule has 0 atom stereocenters. The number of carbonyl (C=O) groups excluding carboxylic acids is 1. The molecule has 0 spiro atoms. The summed E-state index contributed by atoms with van der Waals surface area (Å²) in [5, 5.41) is 12.2. The van der Waals surface area contributed by atoms with Crippen molar-refractivity contribution >= 4 is 11.7 Å². The highest BCUT2D eigenvalue weighted by Gasteiger charge is 2.23. The second kappa shape index (κ2) is 5.09. The average Bonchev–Trinajstić information content (AvgIpc) is 2.39. The molecule has 1 aliphatic heterocycles. The van der Waals surface area contributed by atoms with Crippen LogP contribution in [0.4, 0.5) is 5.82 Å². The second-order valence-corrected chi connectivity index (χ2v) is 4.06. The highest BCUT2D eigenvalue weighted by molar-refractivity contribution is 5.92. The lowest BCUT2D eigenvalue weighted by atomic mass is 10.1. The Kier molecular flexibility index (Phi) is 3.53. The van der Waals surface area contributed by atoms with Crippen LogP contribution in [0.15, 0.2) is 12.4 Å². The molecule has 0 bridgehead atoms. The molecule has 17 heavy (non-hydrogen) atoms. The minimum absolute atomic E-state index is 0.124. The van der Waals surface area contributed by atoms with Crippen molar-refractivity contribution in [2.75, 3.05) is 25.5 Å². The topological polar surface area (TPSA) is 78.4 Å². The van der Waals surface area contributed by atoms with E-state index in [4.69, 9.17) is 0 Å². The van der Waals surface area contributed by atoms with E-state index in [0.717, 1.165) is 0 Å². The number of anilines is 1. The number of aromatic nitrogens is 2. The van der Waals surface area contributed by atoms with Crippen molar-refractivity contribution in [3.8, 4) is 0 Å². The summed E-state index contributed by atoms with van der Waals surface area (Å²) in [6, 6.07) is 0. The van der Waals surface area contributed by atoms with E-state index in [9.17, 15) is 9.90 Å². The number of piperidine rings is 1. The van der Waals surface area contributed by atoms with E-state index in [1.807, 2.05) is 0 Å². The number of aliphatic hydroxyl groups excluding tert-OH is 1. The highest BCUT2D eigenvalue weighted by atomic mass is 16.3. The van der Waals surface area contributed by atoms with Crippen LogP contribution in [0.3, 0.4) is 0 Å². The summed E-state index contributed by atoms with van der Waals surface area (Å²) in [5.41, 5.74) is 0.341. The van der Waals surface area contributed by atoms with Gasteiger partial charge in [-0.1, -0.05) is 0 Å². The first-order valence-corrected chi connectivity index (χ1v) is 5.68. The van der Waals surface area contributed by atoms with E-state index < -0.39 is 0 Å². The van der Waals surface area contributed by atoms with Gasteiger partial charge < -0.3 is 15.3 Å². The Morgan fingerprint density at radius 1 is 1.47 bits per heavy atom. The van der Waals surface area contributed by atoms with Crippen molar-refractivity contribution < 1.29 is 9.90 Å². The minimum atomic E-state index is -0.284. The molecule has 1 aromatic rings. The molecular weight excluding hydrogens is 220 g/mol. The van der Waals surface area contributed by atoms with Crippen LogP contribution in [0.25, 0.3) is 0 Å². The van der Waals surface area contributed by atoms with Crippen LogP contribution in [-0.2, 0) is 0 Å². The zero-order valence-electron chi connectivity index (χ0n) is 9.76. The summed E-state index contributed by atoms with van der Waals surface area (Å²) < 4.78 is 0. The molecule has 2 heterocycles. The number of hydrogen-bond acceptors (Lipinski definition) is 5. The van der Waals surface area contributed by atoms with E-state index in [0.29, 0.717) is 37.4 Å². The third-order valence-electron chi connectivity index (χ3n) is 2.86. The lowest BCUT2D eigenvalue weighted by Gasteiger charge is -2.29. The van der Waals surface area contributed by atoms with Crippen molar-refractivity contribution in [3.63, 3.8) is 0 Å². The van der Waals surface area contributed by atoms with Gasteiger partial charge in [0.05, 0.1) is 18.5 Å². The molecule has 1 aliphatic rings. The number of rotatable bonds is 2. The van der Waals surface area contributed by atoms with Crippen LogP contribution in [0.5, 0.6) is 0 Å². The first-order valence-electron chi connectivity index (χ1n) is 5.68. The maximum atomic E-state index is 12.1. The third-order valence-corrected chi connectivity index (χ3v) is 2.86. The van der Waals surface area contributed by atoms with Gasteiger partial charge in [-0.05, 0) is 12.8 Å². The summed E-state index contributed by atoms with van der Waals surface area (Å²) in [6.07, 6.45) is 4.01. The lowest BCUT2D eigenvalue weighted by molar-refractivity contribution is 0.0541. The number of nitrogens with zero attached hydrogens (tertiary/aromatic N) is 3. The molecule has 1 saturated heterocycles. The van der Waals surface area contributed by atoms with Gasteiger partial charge in [0.15, 0.2) is 0 Å². The molecule has 2 N–H and O–H groups in total. The van der Waals surface area contributed by atoms with Gasteiger partial charge in [-0.15, -0.1) is 0 Å². The van der Waals surface area contributed by atoms with Crippen LogP contribution < -0.4 is 5.32 Å². The standard InChI is InChI=1S/C11H16N4O2/c1-12-10-7-13-6-9(14-10)11(17)15-4-2-8(16)3-5-15/h6-8,16H,2-5H2,1H3,(H,12,14). The molecule has 0 unspecified atom stereocenters. The SMILES string of the molecule is CNc1cncc(C(=O)N2CCC(O)CC2)n1. The zero-order chi connectivity index (χ0) is 12.3. The molecule has 0 aliphatic carbocycles. The molecule has 0 aromatic carbocycles. The van der Waals surface area contributed by atoms with Crippen LogP contribution in [-0.4, -0.2) is 52.1 Å². The quantitative estimate of drug-likeness (QED) is 0.762. The van der Waals surface area contributed by atoms with Crippen molar-refractivity contribution in [3.05, 3.63) is 18.1 Å². The number of hydrogen-bond donors (Lipinski definition) is 2. The Bertz CT molecular complexity index is 402. The van der Waals surface area contributed by atoms with Gasteiger partial charge in [0, 0.05) is 20.1 Å². The fourth-order valence-electron chi connectivity index (χ4n) is 1.82. The molecule has 6 nitrogen and oxygen atoms in total. The molecule has 1 fully saturated rings. The average molecular weight is 236 g/mol. The number of carbonyl (C=O) groups is 1. The van der Waals surface area contributed by atoms with Crippen LogP contribution >= 0.6 is 0 Å². The van der Waals surface area contributed by atoms with Crippen molar-refractivity contribution in [1.29, 1.82) is 0 Å². The summed E-state index contributed by atoms with van der Waals surface area (Å²) in [4.78, 5) is 21.9. The predicted molar refractivity (Wildman–Crippen MR) is 62.7 cm³/mol. The molecule has 6 heteroatoms. The van der Waals surface area contributed by atoms with E-state index in [2.05, 4.69) is 15.3 Å². The second-order valence-electron chi connectivity index (χ2n) is 4.06. The monoisotopic (exact) mass is 236 g/mol. The Labute approximate surface area is 99.7 Å². The molecule has 1 aromatic heterocycles. The lowest BCUT2D eigenvalue weighted by Crippen LogP contribution is -2.40. The van der Waals surface area contributed by atoms with Gasteiger partial charge in [-0.2, -0.15) is 0 Å². The highest BCUT2D eigenvalue weighted by Crippen LogP contribution is 2.13. The van der Waals surface area contributed by atoms with Gasteiger partial charge in [0.2, 0.25) is 0 Å². The van der Waals surface area contributed by atoms with Gasteiger partial charge in [-0.25, -0.2) is 4.98 Å². The van der Waals surface area contributed by atoms with Crippen molar-refractivity contribution in [2.45, 2.75) is 18.9 Å². The largest absolute Gasteiger partial charge is 0.393 e. The predicted octanol–water partition coefficient (Wildman–Crippen LogP) is 0.115. The maximum absolute atomic E-state index is 12.1. The maximum Gasteiger partial charge on any atom is 0.274 e. The van der Waals surface area contributed by atoms with Crippen LogP contribution in [0, 0.1) is 0 Å². The zero-order valence-corrected chi connectivity index (χ0v) is 9.76. The van der Waals surface area contributed by atoms with Gasteiger partial charge in [0.25, 0.3) is 5.91 Å². The number of nitrogens with one attached hydrogen (secondary N) is 1. The Morgan fingerprint density at radius 2 is 2.18 bits per heavy atom. The fourth-order valence-corrected chi connectivity index (χ4v) is 1.82. The molecule has 92 valence electrons. The number of likely N-dealkylation sites (tertiary alicyclic amines) is 1. The normalized spacial score (nSPS) is 16.9. The summed E-state index contributed by atoms with van der Waals surface area (Å²) in [6.45, 7) is 1.15. The van der Waals surface area contributed by atoms with Gasteiger partial charge in [-0.3, -0.25) is 9.78 Å². The molecule has 1 amide bonds. The molecular formula is C11H16N4O2. The van der Waals surface area contributed by atoms with Gasteiger partial charge >= 0.3 is 0 Å². The van der Waals surface area contributed by atoms with E-state index in [1.54, 1.807) is 18.1 Å². The first kappa shape index (κ1) is 11.8. The van der Waals surface area contributed by atoms with E-state index in [1.165, 1.54) is 6.20 Å². The molecule has 2 rings (SSSR count). The fraction of sp³-hybridized carbons (Fsp3) is 0.545. The van der Waals surface area contributed by atoms with Crippen LogP contribution in [0.1, 0.15) is 23.3 Å². The number of aliphatic hydroxyl groups is 1. The van der Waals surface area contributed by atoms with Crippen molar-refractivity contribution in [1.82, 2.24) is 14.9 Å². The Hall–Kier alpha value is -1.69. The Balaban J connectivity index is 2.08. The molecule has 0 saturated carbocycles. The van der Waals surface area contributed by atoms with E-state index in [-0.39, 0.29) is 12.0 Å². The third kappa shape index (κ3) is 2.71.